The molecule has 2 rings (SSSR count). The van der Waals surface area contributed by atoms with E-state index in [0.29, 0.717) is 17.5 Å². The number of piperidine rings is 1. The van der Waals surface area contributed by atoms with Crippen molar-refractivity contribution < 1.29 is 5.11 Å². The van der Waals surface area contributed by atoms with E-state index < -0.39 is 0 Å². The number of pyridine rings is 1. The van der Waals surface area contributed by atoms with Crippen LogP contribution in [0, 0.1) is 5.92 Å². The lowest BCUT2D eigenvalue weighted by Gasteiger charge is -2.35. The van der Waals surface area contributed by atoms with Crippen LogP contribution in [0.3, 0.4) is 0 Å². The highest BCUT2D eigenvalue weighted by Gasteiger charge is 2.25. The van der Waals surface area contributed by atoms with Gasteiger partial charge in [0.25, 0.3) is 0 Å². The first-order valence-corrected chi connectivity index (χ1v) is 6.49. The zero-order valence-corrected chi connectivity index (χ0v) is 11.4. The molecule has 1 aromatic heterocycles. The second-order valence-corrected chi connectivity index (χ2v) is 5.53. The van der Waals surface area contributed by atoms with E-state index in [-0.39, 0.29) is 6.10 Å². The molecule has 2 unspecified atom stereocenters. The van der Waals surface area contributed by atoms with Gasteiger partial charge in [0.2, 0.25) is 0 Å². The van der Waals surface area contributed by atoms with Gasteiger partial charge in [-0.2, -0.15) is 0 Å². The van der Waals surface area contributed by atoms with E-state index in [0.717, 1.165) is 23.3 Å². The number of hydrogen-bond donors (Lipinski definition) is 1. The van der Waals surface area contributed by atoms with Gasteiger partial charge in [0.05, 0.1) is 15.6 Å². The fraction of sp³-hybridized carbons (Fsp3) is 0.545. The van der Waals surface area contributed by atoms with Crippen molar-refractivity contribution in [2.75, 3.05) is 18.0 Å². The van der Waals surface area contributed by atoms with Crippen LogP contribution >= 0.6 is 27.5 Å². The zero-order chi connectivity index (χ0) is 11.7. The molecule has 1 aromatic rings. The van der Waals surface area contributed by atoms with Crippen molar-refractivity contribution in [3.05, 3.63) is 21.8 Å². The fourth-order valence-corrected chi connectivity index (χ4v) is 2.77. The van der Waals surface area contributed by atoms with Crippen LogP contribution in [0.25, 0.3) is 0 Å². The summed E-state index contributed by atoms with van der Waals surface area (Å²) < 4.78 is 0.877. The second-order valence-electron chi connectivity index (χ2n) is 4.24. The summed E-state index contributed by atoms with van der Waals surface area (Å²) in [7, 11) is 0. The molecule has 0 spiro atoms. The standard InChI is InChI=1S/C11H14BrClN2O/c1-7-2-3-15(6-10(7)16)11-9(12)4-8(13)5-14-11/h4-5,7,10,16H,2-3,6H2,1H3. The van der Waals surface area contributed by atoms with Crippen LogP contribution in [-0.2, 0) is 0 Å². The largest absolute Gasteiger partial charge is 0.391 e. The lowest BCUT2D eigenvalue weighted by molar-refractivity contribution is 0.102. The summed E-state index contributed by atoms with van der Waals surface area (Å²) in [6.45, 7) is 3.63. The molecule has 0 radical (unpaired) electrons. The van der Waals surface area contributed by atoms with Crippen LogP contribution in [-0.4, -0.2) is 29.3 Å². The van der Waals surface area contributed by atoms with E-state index in [1.54, 1.807) is 6.20 Å². The van der Waals surface area contributed by atoms with E-state index in [1.807, 2.05) is 6.07 Å². The monoisotopic (exact) mass is 304 g/mol. The molecule has 5 heteroatoms. The van der Waals surface area contributed by atoms with Gasteiger partial charge >= 0.3 is 0 Å². The third-order valence-electron chi connectivity index (χ3n) is 3.01. The lowest BCUT2D eigenvalue weighted by atomic mass is 9.96. The molecule has 1 N–H and O–H groups in total. The Bertz CT molecular complexity index is 388. The summed E-state index contributed by atoms with van der Waals surface area (Å²) in [5, 5.41) is 10.5. The smallest absolute Gasteiger partial charge is 0.143 e. The molecule has 0 bridgehead atoms. The molecule has 1 aliphatic rings. The van der Waals surface area contributed by atoms with Gasteiger partial charge in [-0.1, -0.05) is 18.5 Å². The maximum absolute atomic E-state index is 9.84. The summed E-state index contributed by atoms with van der Waals surface area (Å²) in [6, 6.07) is 1.83. The normalized spacial score (nSPS) is 25.9. The van der Waals surface area contributed by atoms with Crippen LogP contribution in [0.5, 0.6) is 0 Å². The highest BCUT2D eigenvalue weighted by atomic mass is 79.9. The van der Waals surface area contributed by atoms with Crippen molar-refractivity contribution in [3.63, 3.8) is 0 Å². The minimum Gasteiger partial charge on any atom is -0.391 e. The van der Waals surface area contributed by atoms with Crippen LogP contribution in [0.15, 0.2) is 16.7 Å². The van der Waals surface area contributed by atoms with Crippen LogP contribution in [0.2, 0.25) is 5.02 Å². The molecule has 0 aromatic carbocycles. The topological polar surface area (TPSA) is 36.4 Å². The number of aromatic nitrogens is 1. The van der Waals surface area contributed by atoms with Crippen LogP contribution in [0.1, 0.15) is 13.3 Å². The molecule has 0 saturated carbocycles. The SMILES string of the molecule is CC1CCN(c2ncc(Cl)cc2Br)CC1O. The number of rotatable bonds is 1. The Morgan fingerprint density at radius 1 is 1.62 bits per heavy atom. The Morgan fingerprint density at radius 2 is 2.38 bits per heavy atom. The summed E-state index contributed by atoms with van der Waals surface area (Å²) in [6.07, 6.45) is 2.34. The Labute approximate surface area is 109 Å². The number of hydrogen-bond acceptors (Lipinski definition) is 3. The summed E-state index contributed by atoms with van der Waals surface area (Å²) in [5.41, 5.74) is 0. The van der Waals surface area contributed by atoms with Gasteiger partial charge in [-0.3, -0.25) is 0 Å². The van der Waals surface area contributed by atoms with Gasteiger partial charge in [0.1, 0.15) is 5.82 Å². The maximum Gasteiger partial charge on any atom is 0.143 e. The number of aliphatic hydroxyl groups is 1. The molecule has 0 amide bonds. The van der Waals surface area contributed by atoms with Crippen molar-refractivity contribution in [1.29, 1.82) is 0 Å². The van der Waals surface area contributed by atoms with Crippen molar-refractivity contribution in [1.82, 2.24) is 4.98 Å². The molecule has 0 aliphatic carbocycles. The van der Waals surface area contributed by atoms with Crippen molar-refractivity contribution in [2.24, 2.45) is 5.92 Å². The van der Waals surface area contributed by atoms with Gasteiger partial charge < -0.3 is 10.0 Å². The second kappa shape index (κ2) is 4.90. The highest BCUT2D eigenvalue weighted by Crippen LogP contribution is 2.29. The van der Waals surface area contributed by atoms with Crippen LogP contribution in [0.4, 0.5) is 5.82 Å². The Hall–Kier alpha value is -0.320. The van der Waals surface area contributed by atoms with Gasteiger partial charge in [-0.05, 0) is 34.3 Å². The summed E-state index contributed by atoms with van der Waals surface area (Å²) >= 11 is 9.29. The van der Waals surface area contributed by atoms with Gasteiger partial charge in [0, 0.05) is 19.3 Å². The molecule has 88 valence electrons. The first-order valence-electron chi connectivity index (χ1n) is 5.32. The Kier molecular flexibility index (Phi) is 3.72. The third-order valence-corrected chi connectivity index (χ3v) is 3.80. The van der Waals surface area contributed by atoms with E-state index in [9.17, 15) is 5.11 Å². The van der Waals surface area contributed by atoms with Crippen molar-refractivity contribution in [3.8, 4) is 0 Å². The van der Waals surface area contributed by atoms with Crippen molar-refractivity contribution in [2.45, 2.75) is 19.4 Å². The maximum atomic E-state index is 9.84. The van der Waals surface area contributed by atoms with Crippen LogP contribution < -0.4 is 4.90 Å². The minimum absolute atomic E-state index is 0.280. The molecule has 1 aliphatic heterocycles. The fourth-order valence-electron chi connectivity index (χ4n) is 1.88. The molecule has 2 atom stereocenters. The Balaban J connectivity index is 2.18. The summed E-state index contributed by atoms with van der Waals surface area (Å²) in [4.78, 5) is 6.39. The molecule has 1 saturated heterocycles. The molecular formula is C11H14BrClN2O. The van der Waals surface area contributed by atoms with E-state index in [2.05, 4.69) is 32.7 Å². The van der Waals surface area contributed by atoms with E-state index in [1.165, 1.54) is 0 Å². The predicted octanol–water partition coefficient (Wildman–Crippen LogP) is 2.70. The molecular weight excluding hydrogens is 291 g/mol. The number of β-amino-alcohol motifs (C(OH)–C–C–N with tert-alkyl or cyclic N) is 1. The van der Waals surface area contributed by atoms with Crippen molar-refractivity contribution >= 4 is 33.3 Å². The van der Waals surface area contributed by atoms with Gasteiger partial charge in [-0.15, -0.1) is 0 Å². The first kappa shape index (κ1) is 12.1. The Morgan fingerprint density at radius 3 is 3.00 bits per heavy atom. The third kappa shape index (κ3) is 2.50. The average molecular weight is 306 g/mol. The number of halogens is 2. The molecule has 16 heavy (non-hydrogen) atoms. The average Bonchev–Trinajstić information content (AvgIpc) is 2.22. The first-order chi connectivity index (χ1) is 7.58. The lowest BCUT2D eigenvalue weighted by Crippen LogP contribution is -2.43. The summed E-state index contributed by atoms with van der Waals surface area (Å²) in [5.74, 6) is 1.22. The predicted molar refractivity (Wildman–Crippen MR) is 68.9 cm³/mol. The quantitative estimate of drug-likeness (QED) is 0.866. The number of nitrogens with zero attached hydrogens (tertiary/aromatic N) is 2. The number of aliphatic hydroxyl groups excluding tert-OH is 1. The minimum atomic E-state index is -0.280. The van der Waals surface area contributed by atoms with E-state index >= 15 is 0 Å². The highest BCUT2D eigenvalue weighted by molar-refractivity contribution is 9.10. The molecule has 1 fully saturated rings. The zero-order valence-electron chi connectivity index (χ0n) is 9.03. The number of anilines is 1. The van der Waals surface area contributed by atoms with Gasteiger partial charge in [0.15, 0.2) is 0 Å². The van der Waals surface area contributed by atoms with Gasteiger partial charge in [-0.25, -0.2) is 4.98 Å². The van der Waals surface area contributed by atoms with E-state index in [4.69, 9.17) is 11.6 Å². The molecule has 2 heterocycles. The molecule has 3 nitrogen and oxygen atoms in total.